The van der Waals surface area contributed by atoms with Gasteiger partial charge in [-0.3, -0.25) is 4.79 Å². The molecule has 0 saturated heterocycles. The number of benzene rings is 2. The highest BCUT2D eigenvalue weighted by Crippen LogP contribution is 2.35. The van der Waals surface area contributed by atoms with Crippen LogP contribution < -0.4 is 14.8 Å². The molecule has 2 aromatic carbocycles. The van der Waals surface area contributed by atoms with E-state index in [0.29, 0.717) is 19.0 Å². The summed E-state index contributed by atoms with van der Waals surface area (Å²) in [7, 11) is -2.64. The van der Waals surface area contributed by atoms with E-state index >= 15 is 0 Å². The molecular formula is C20H22ClF3N2O4S. The number of rotatable bonds is 10. The van der Waals surface area contributed by atoms with E-state index in [4.69, 9.17) is 16.3 Å². The Bertz CT molecular complexity index is 996. The largest absolute Gasteiger partial charge is 0.497 e. The van der Waals surface area contributed by atoms with Crippen LogP contribution in [-0.2, 0) is 27.4 Å². The first-order valence-corrected chi connectivity index (χ1v) is 11.1. The van der Waals surface area contributed by atoms with Crippen molar-refractivity contribution in [2.24, 2.45) is 0 Å². The Kier molecular flexibility index (Phi) is 8.72. The summed E-state index contributed by atoms with van der Waals surface area (Å²) < 4.78 is 70.3. The van der Waals surface area contributed by atoms with Crippen molar-refractivity contribution in [1.82, 2.24) is 10.0 Å². The lowest BCUT2D eigenvalue weighted by molar-refractivity contribution is -0.137. The number of carbonyl (C=O) groups is 1. The molecule has 2 N–H and O–H groups in total. The second-order valence-corrected chi connectivity index (χ2v) is 8.76. The standard InChI is InChI=1S/C20H22ClF3N2O4S/c1-30-15-6-4-14(5-7-15)3-2-11-25-19(27)10-12-26-31(28,29)16-8-9-18(21)17(13-16)20(22,23)24/h4-9,13,26H,2-3,10-12H2,1H3,(H,25,27). The molecule has 0 aromatic heterocycles. The first-order valence-electron chi connectivity index (χ1n) is 9.29. The quantitative estimate of drug-likeness (QED) is 0.509. The Balaban J connectivity index is 1.77. The van der Waals surface area contributed by atoms with Gasteiger partial charge in [0, 0.05) is 19.5 Å². The van der Waals surface area contributed by atoms with E-state index in [9.17, 15) is 26.4 Å². The van der Waals surface area contributed by atoms with Crippen molar-refractivity contribution in [2.45, 2.75) is 30.3 Å². The Morgan fingerprint density at radius 3 is 2.39 bits per heavy atom. The van der Waals surface area contributed by atoms with Crippen LogP contribution in [0.15, 0.2) is 47.4 Å². The van der Waals surface area contributed by atoms with Crippen molar-refractivity contribution in [3.8, 4) is 5.75 Å². The average Bonchev–Trinajstić information content (AvgIpc) is 2.71. The molecule has 1 amide bonds. The minimum absolute atomic E-state index is 0.151. The fraction of sp³-hybridized carbons (Fsp3) is 0.350. The molecule has 0 bridgehead atoms. The second-order valence-electron chi connectivity index (χ2n) is 6.59. The predicted molar refractivity (Wildman–Crippen MR) is 111 cm³/mol. The number of alkyl halides is 3. The Hall–Kier alpha value is -2.30. The fourth-order valence-corrected chi connectivity index (χ4v) is 3.95. The van der Waals surface area contributed by atoms with E-state index in [1.165, 1.54) is 0 Å². The van der Waals surface area contributed by atoms with Crippen LogP contribution in [0.4, 0.5) is 13.2 Å². The third-order valence-electron chi connectivity index (χ3n) is 4.32. The molecule has 0 aliphatic heterocycles. The number of carbonyl (C=O) groups excluding carboxylic acids is 1. The topological polar surface area (TPSA) is 84.5 Å². The lowest BCUT2D eigenvalue weighted by atomic mass is 10.1. The molecule has 6 nitrogen and oxygen atoms in total. The van der Waals surface area contributed by atoms with Crippen LogP contribution in [0.5, 0.6) is 5.75 Å². The number of nitrogens with one attached hydrogen (secondary N) is 2. The summed E-state index contributed by atoms with van der Waals surface area (Å²) >= 11 is 5.50. The van der Waals surface area contributed by atoms with Crippen LogP contribution >= 0.6 is 11.6 Å². The zero-order valence-electron chi connectivity index (χ0n) is 16.6. The number of methoxy groups -OCH3 is 1. The van der Waals surface area contributed by atoms with Gasteiger partial charge in [-0.05, 0) is 48.7 Å². The molecule has 0 radical (unpaired) electrons. The van der Waals surface area contributed by atoms with Gasteiger partial charge in [0.05, 0.1) is 22.6 Å². The van der Waals surface area contributed by atoms with Gasteiger partial charge in [0.2, 0.25) is 15.9 Å². The summed E-state index contributed by atoms with van der Waals surface area (Å²) in [5, 5.41) is 2.08. The molecule has 0 saturated carbocycles. The van der Waals surface area contributed by atoms with Crippen molar-refractivity contribution in [3.63, 3.8) is 0 Å². The number of aryl methyl sites for hydroxylation is 1. The molecule has 0 unspecified atom stereocenters. The van der Waals surface area contributed by atoms with Crippen LogP contribution in [0.3, 0.4) is 0 Å². The third-order valence-corrected chi connectivity index (χ3v) is 6.11. The van der Waals surface area contributed by atoms with Gasteiger partial charge in [-0.15, -0.1) is 0 Å². The molecule has 0 fully saturated rings. The number of hydrogen-bond acceptors (Lipinski definition) is 4. The maximum atomic E-state index is 12.9. The molecule has 0 spiro atoms. The van der Waals surface area contributed by atoms with Crippen molar-refractivity contribution in [3.05, 3.63) is 58.6 Å². The third kappa shape index (κ3) is 7.71. The van der Waals surface area contributed by atoms with Crippen LogP contribution in [-0.4, -0.2) is 34.5 Å². The summed E-state index contributed by atoms with van der Waals surface area (Å²) in [6, 6.07) is 9.85. The minimum atomic E-state index is -4.78. The smallest absolute Gasteiger partial charge is 0.417 e. The van der Waals surface area contributed by atoms with Gasteiger partial charge >= 0.3 is 6.18 Å². The van der Waals surface area contributed by atoms with Crippen molar-refractivity contribution in [2.75, 3.05) is 20.2 Å². The maximum absolute atomic E-state index is 12.9. The molecule has 0 atom stereocenters. The number of sulfonamides is 1. The molecule has 2 rings (SSSR count). The zero-order chi connectivity index (χ0) is 23.1. The summed E-state index contributed by atoms with van der Waals surface area (Å²) in [5.74, 6) is 0.386. The molecule has 170 valence electrons. The van der Waals surface area contributed by atoms with Gasteiger partial charge in [-0.1, -0.05) is 23.7 Å². The van der Waals surface area contributed by atoms with E-state index in [1.54, 1.807) is 7.11 Å². The van der Waals surface area contributed by atoms with E-state index in [1.807, 2.05) is 24.3 Å². The highest BCUT2D eigenvalue weighted by atomic mass is 35.5. The maximum Gasteiger partial charge on any atom is 0.417 e. The first kappa shape index (κ1) is 25.0. The molecule has 0 aliphatic carbocycles. The summed E-state index contributed by atoms with van der Waals surface area (Å²) in [5.41, 5.74) is -0.157. The fourth-order valence-electron chi connectivity index (χ4n) is 2.67. The van der Waals surface area contributed by atoms with Gasteiger partial charge < -0.3 is 10.1 Å². The van der Waals surface area contributed by atoms with Gasteiger partial charge in [0.25, 0.3) is 0 Å². The van der Waals surface area contributed by atoms with Gasteiger partial charge in [0.15, 0.2) is 0 Å². The molecule has 0 heterocycles. The molecule has 0 aliphatic rings. The number of amides is 1. The predicted octanol–water partition coefficient (Wildman–Crippen LogP) is 3.78. The molecule has 31 heavy (non-hydrogen) atoms. The highest BCUT2D eigenvalue weighted by Gasteiger charge is 2.34. The van der Waals surface area contributed by atoms with E-state index in [2.05, 4.69) is 10.0 Å². The normalized spacial score (nSPS) is 11.9. The van der Waals surface area contributed by atoms with E-state index in [-0.39, 0.29) is 18.9 Å². The lowest BCUT2D eigenvalue weighted by Gasteiger charge is -2.12. The van der Waals surface area contributed by atoms with E-state index < -0.39 is 31.7 Å². The monoisotopic (exact) mass is 478 g/mol. The molecule has 2 aromatic rings. The molecular weight excluding hydrogens is 457 g/mol. The number of ether oxygens (including phenoxy) is 1. The van der Waals surface area contributed by atoms with Gasteiger partial charge in [0.1, 0.15) is 5.75 Å². The minimum Gasteiger partial charge on any atom is -0.497 e. The summed E-state index contributed by atoms with van der Waals surface area (Å²) in [4.78, 5) is 11.3. The van der Waals surface area contributed by atoms with Crippen LogP contribution in [0.1, 0.15) is 24.0 Å². The van der Waals surface area contributed by atoms with Crippen molar-refractivity contribution >= 4 is 27.5 Å². The summed E-state index contributed by atoms with van der Waals surface area (Å²) in [6.45, 7) is 0.153. The first-order chi connectivity index (χ1) is 14.5. The second kappa shape index (κ2) is 10.8. The van der Waals surface area contributed by atoms with Crippen molar-refractivity contribution in [1.29, 1.82) is 0 Å². The average molecular weight is 479 g/mol. The van der Waals surface area contributed by atoms with Crippen LogP contribution in [0, 0.1) is 0 Å². The Labute approximate surface area is 183 Å². The molecule has 11 heteroatoms. The van der Waals surface area contributed by atoms with Crippen LogP contribution in [0.25, 0.3) is 0 Å². The highest BCUT2D eigenvalue weighted by molar-refractivity contribution is 7.89. The number of hydrogen-bond donors (Lipinski definition) is 2. The lowest BCUT2D eigenvalue weighted by Crippen LogP contribution is -2.31. The van der Waals surface area contributed by atoms with Gasteiger partial charge in [-0.25, -0.2) is 13.1 Å². The Morgan fingerprint density at radius 2 is 1.77 bits per heavy atom. The van der Waals surface area contributed by atoms with Crippen molar-refractivity contribution < 1.29 is 31.1 Å². The summed E-state index contributed by atoms with van der Waals surface area (Å²) in [6.07, 6.45) is -3.50. The van der Waals surface area contributed by atoms with Gasteiger partial charge in [-0.2, -0.15) is 13.2 Å². The van der Waals surface area contributed by atoms with Crippen LogP contribution in [0.2, 0.25) is 5.02 Å². The zero-order valence-corrected chi connectivity index (χ0v) is 18.2. The van der Waals surface area contributed by atoms with E-state index in [0.717, 1.165) is 29.9 Å². The number of halogens is 4. The Morgan fingerprint density at radius 1 is 1.10 bits per heavy atom. The SMILES string of the molecule is COc1ccc(CCCNC(=O)CCNS(=O)(=O)c2ccc(Cl)c(C(F)(F)F)c2)cc1.